The molecule has 116 valence electrons. The van der Waals surface area contributed by atoms with Crippen molar-refractivity contribution in [2.24, 2.45) is 34.5 Å². The summed E-state index contributed by atoms with van der Waals surface area (Å²) >= 11 is 0. The summed E-state index contributed by atoms with van der Waals surface area (Å²) in [6, 6.07) is 0. The van der Waals surface area contributed by atoms with Crippen LogP contribution in [0, 0.1) is 34.5 Å². The summed E-state index contributed by atoms with van der Waals surface area (Å²) in [5.41, 5.74) is 0.530. The van der Waals surface area contributed by atoms with E-state index >= 15 is 0 Å². The molecule has 6 aliphatic rings. The lowest BCUT2D eigenvalue weighted by molar-refractivity contribution is -0.165. The number of nitrogens with zero attached hydrogens (tertiary/aromatic N) is 1. The first-order chi connectivity index (χ1) is 10.1. The van der Waals surface area contributed by atoms with Gasteiger partial charge in [-0.15, -0.1) is 0 Å². The van der Waals surface area contributed by atoms with Gasteiger partial charge in [0.05, 0.1) is 5.41 Å². The third kappa shape index (κ3) is 1.79. The van der Waals surface area contributed by atoms with Gasteiger partial charge in [-0.1, -0.05) is 6.92 Å². The van der Waals surface area contributed by atoms with Crippen LogP contribution in [-0.2, 0) is 4.79 Å². The second-order valence-corrected chi connectivity index (χ2v) is 9.44. The third-order valence-corrected chi connectivity index (χ3v) is 7.48. The molecule has 0 spiro atoms. The van der Waals surface area contributed by atoms with Crippen LogP contribution in [0.4, 0.5) is 0 Å². The minimum atomic E-state index is 0.0465. The lowest BCUT2D eigenvalue weighted by Gasteiger charge is -2.61. The summed E-state index contributed by atoms with van der Waals surface area (Å²) in [5, 5.41) is 3.49. The molecule has 0 aromatic heterocycles. The van der Waals surface area contributed by atoms with Crippen molar-refractivity contribution in [3.8, 4) is 0 Å². The van der Waals surface area contributed by atoms with Crippen LogP contribution in [0.25, 0.3) is 0 Å². The number of nitrogens with one attached hydrogen (secondary N) is 1. The average Bonchev–Trinajstić information content (AvgIpc) is 2.95. The zero-order chi connectivity index (χ0) is 14.2. The van der Waals surface area contributed by atoms with E-state index in [1.54, 1.807) is 0 Å². The van der Waals surface area contributed by atoms with Crippen molar-refractivity contribution < 1.29 is 4.79 Å². The predicted molar refractivity (Wildman–Crippen MR) is 81.7 cm³/mol. The fourth-order valence-corrected chi connectivity index (χ4v) is 7.33. The van der Waals surface area contributed by atoms with Gasteiger partial charge in [-0.05, 0) is 67.6 Å². The highest BCUT2D eigenvalue weighted by Crippen LogP contribution is 2.65. The molecule has 1 amide bonds. The Morgan fingerprint density at radius 2 is 1.67 bits per heavy atom. The highest BCUT2D eigenvalue weighted by Gasteiger charge is 2.60. The van der Waals surface area contributed by atoms with Gasteiger partial charge in [-0.3, -0.25) is 4.79 Å². The lowest BCUT2D eigenvalue weighted by Crippen LogP contribution is -2.57. The number of carbonyl (C=O) groups is 1. The van der Waals surface area contributed by atoms with Crippen LogP contribution in [-0.4, -0.2) is 37.0 Å². The third-order valence-electron chi connectivity index (χ3n) is 7.48. The molecule has 3 nitrogen and oxygen atoms in total. The van der Waals surface area contributed by atoms with Crippen LogP contribution in [0.2, 0.25) is 0 Å². The molecule has 0 aromatic rings. The van der Waals surface area contributed by atoms with Gasteiger partial charge in [0, 0.05) is 26.2 Å². The number of rotatable bonds is 1. The van der Waals surface area contributed by atoms with Gasteiger partial charge in [0.1, 0.15) is 0 Å². The first-order valence-corrected chi connectivity index (χ1v) is 9.05. The van der Waals surface area contributed by atoms with E-state index in [4.69, 9.17) is 0 Å². The first-order valence-electron chi connectivity index (χ1n) is 9.05. The minimum Gasteiger partial charge on any atom is -0.342 e. The van der Waals surface area contributed by atoms with Crippen LogP contribution in [0.3, 0.4) is 0 Å². The number of fused-ring (bicyclic) bond motifs is 1. The van der Waals surface area contributed by atoms with E-state index < -0.39 is 0 Å². The lowest BCUT2D eigenvalue weighted by atomic mass is 9.44. The molecule has 4 bridgehead atoms. The minimum absolute atomic E-state index is 0.0465. The van der Waals surface area contributed by atoms with Crippen molar-refractivity contribution in [2.75, 3.05) is 26.2 Å². The Labute approximate surface area is 127 Å². The van der Waals surface area contributed by atoms with Crippen LogP contribution >= 0.6 is 0 Å². The smallest absolute Gasteiger partial charge is 0.228 e. The zero-order valence-corrected chi connectivity index (χ0v) is 13.2. The van der Waals surface area contributed by atoms with Gasteiger partial charge in [0.2, 0.25) is 5.91 Å². The maximum atomic E-state index is 13.4. The quantitative estimate of drug-likeness (QED) is 0.803. The summed E-state index contributed by atoms with van der Waals surface area (Å²) in [7, 11) is 0. The predicted octanol–water partition coefficient (Wildman–Crippen LogP) is 2.27. The molecule has 6 rings (SSSR count). The van der Waals surface area contributed by atoms with E-state index in [0.717, 1.165) is 49.9 Å². The molecule has 3 heteroatoms. The fraction of sp³-hybridized carbons (Fsp3) is 0.944. The van der Waals surface area contributed by atoms with Crippen molar-refractivity contribution in [3.05, 3.63) is 0 Å². The van der Waals surface area contributed by atoms with Crippen LogP contribution < -0.4 is 5.32 Å². The normalized spacial score (nSPS) is 54.2. The maximum absolute atomic E-state index is 13.4. The molecule has 4 aliphatic carbocycles. The van der Waals surface area contributed by atoms with E-state index in [1.807, 2.05) is 0 Å². The van der Waals surface area contributed by atoms with E-state index in [9.17, 15) is 4.79 Å². The number of carbonyl (C=O) groups excluding carboxylic acids is 1. The number of hydrogen-bond donors (Lipinski definition) is 1. The number of amides is 1. The van der Waals surface area contributed by atoms with Crippen LogP contribution in [0.5, 0.6) is 0 Å². The molecular weight excluding hydrogens is 260 g/mol. The fourth-order valence-electron chi connectivity index (χ4n) is 7.33. The largest absolute Gasteiger partial charge is 0.342 e. The Morgan fingerprint density at radius 3 is 2.24 bits per heavy atom. The summed E-state index contributed by atoms with van der Waals surface area (Å²) in [6.07, 6.45) is 7.82. The highest BCUT2D eigenvalue weighted by atomic mass is 16.2. The summed E-state index contributed by atoms with van der Waals surface area (Å²) in [5.74, 6) is 3.72. The van der Waals surface area contributed by atoms with Crippen molar-refractivity contribution >= 4 is 5.91 Å². The van der Waals surface area contributed by atoms with E-state index in [-0.39, 0.29) is 5.41 Å². The van der Waals surface area contributed by atoms with Gasteiger partial charge in [0.25, 0.3) is 0 Å². The molecule has 2 heterocycles. The molecular formula is C18H28N2O. The molecule has 4 saturated carbocycles. The van der Waals surface area contributed by atoms with Crippen molar-refractivity contribution in [1.29, 1.82) is 0 Å². The molecule has 1 N–H and O–H groups in total. The second kappa shape index (κ2) is 4.04. The van der Waals surface area contributed by atoms with Gasteiger partial charge >= 0.3 is 0 Å². The molecule has 21 heavy (non-hydrogen) atoms. The Bertz CT molecular complexity index is 462. The number of likely N-dealkylation sites (tertiary alicyclic amines) is 1. The van der Waals surface area contributed by atoms with Gasteiger partial charge < -0.3 is 10.2 Å². The Morgan fingerprint density at radius 1 is 1.05 bits per heavy atom. The van der Waals surface area contributed by atoms with Crippen molar-refractivity contribution in [3.63, 3.8) is 0 Å². The molecule has 4 atom stereocenters. The SMILES string of the molecule is CC12CC3CC(C1)CC(C(=O)N1C[C@H]4CNC[C@H]4C1)(C3)C2. The molecule has 2 unspecified atom stereocenters. The zero-order valence-electron chi connectivity index (χ0n) is 13.2. The topological polar surface area (TPSA) is 32.3 Å². The standard InChI is InChI=1S/C18H28N2O/c1-17-3-12-2-13(4-17)6-18(5-12,11-17)16(21)20-9-14-7-19-8-15(14)10-20/h12-15,19H,2-11H2,1H3/t12?,13?,14-,15+,17?,18?. The van der Waals surface area contributed by atoms with Gasteiger partial charge in [-0.25, -0.2) is 0 Å². The van der Waals surface area contributed by atoms with Gasteiger partial charge in [-0.2, -0.15) is 0 Å². The molecule has 0 aromatic carbocycles. The van der Waals surface area contributed by atoms with Crippen LogP contribution in [0.1, 0.15) is 45.4 Å². The summed E-state index contributed by atoms with van der Waals surface area (Å²) < 4.78 is 0. The molecule has 6 fully saturated rings. The van der Waals surface area contributed by atoms with Crippen molar-refractivity contribution in [1.82, 2.24) is 10.2 Å². The molecule has 2 saturated heterocycles. The van der Waals surface area contributed by atoms with E-state index in [2.05, 4.69) is 17.1 Å². The van der Waals surface area contributed by atoms with Gasteiger partial charge in [0.15, 0.2) is 0 Å². The highest BCUT2D eigenvalue weighted by molar-refractivity contribution is 5.83. The number of hydrogen-bond acceptors (Lipinski definition) is 2. The Hall–Kier alpha value is -0.570. The Balaban J connectivity index is 1.41. The molecule has 2 aliphatic heterocycles. The maximum Gasteiger partial charge on any atom is 0.228 e. The Kier molecular flexibility index (Phi) is 2.48. The second-order valence-electron chi connectivity index (χ2n) is 9.44. The average molecular weight is 288 g/mol. The van der Waals surface area contributed by atoms with E-state index in [0.29, 0.717) is 11.3 Å². The molecule has 0 radical (unpaired) electrons. The monoisotopic (exact) mass is 288 g/mol. The van der Waals surface area contributed by atoms with E-state index in [1.165, 1.54) is 38.5 Å². The van der Waals surface area contributed by atoms with Crippen LogP contribution in [0.15, 0.2) is 0 Å². The first kappa shape index (κ1) is 12.9. The summed E-state index contributed by atoms with van der Waals surface area (Å²) in [4.78, 5) is 15.6. The van der Waals surface area contributed by atoms with Crippen molar-refractivity contribution in [2.45, 2.75) is 45.4 Å². The summed E-state index contributed by atoms with van der Waals surface area (Å²) in [6.45, 7) is 6.79.